The van der Waals surface area contributed by atoms with E-state index >= 15 is 0 Å². The van der Waals surface area contributed by atoms with Crippen molar-refractivity contribution in [2.75, 3.05) is 13.2 Å². The summed E-state index contributed by atoms with van der Waals surface area (Å²) in [6.45, 7) is 1.08. The minimum Gasteiger partial charge on any atom is -0.507 e. The van der Waals surface area contributed by atoms with Crippen molar-refractivity contribution in [3.63, 3.8) is 0 Å². The molecule has 0 atom stereocenters. The molecule has 3 rings (SSSR count). The number of phenols is 1. The maximum absolute atomic E-state index is 9.81. The third kappa shape index (κ3) is 3.22. The molecule has 0 bridgehead atoms. The third-order valence-electron chi connectivity index (χ3n) is 2.94. The van der Waals surface area contributed by atoms with Crippen LogP contribution in [0.15, 0.2) is 44.3 Å². The molecule has 21 heavy (non-hydrogen) atoms. The van der Waals surface area contributed by atoms with E-state index in [0.717, 1.165) is 8.95 Å². The number of halogens is 2. The Bertz CT molecular complexity index is 716. The van der Waals surface area contributed by atoms with Crippen LogP contribution in [-0.4, -0.2) is 24.5 Å². The van der Waals surface area contributed by atoms with Crippen LogP contribution in [0, 0.1) is 0 Å². The third-order valence-corrected chi connectivity index (χ3v) is 4.07. The van der Waals surface area contributed by atoms with Crippen LogP contribution in [0.4, 0.5) is 5.69 Å². The predicted molar refractivity (Wildman–Crippen MR) is 88.2 cm³/mol. The molecule has 0 saturated heterocycles. The van der Waals surface area contributed by atoms with Crippen molar-refractivity contribution in [3.8, 4) is 17.2 Å². The van der Waals surface area contributed by atoms with E-state index in [2.05, 4.69) is 36.9 Å². The van der Waals surface area contributed by atoms with Gasteiger partial charge in [0.05, 0.1) is 5.69 Å². The van der Waals surface area contributed by atoms with Gasteiger partial charge in [0.25, 0.3) is 0 Å². The second kappa shape index (κ2) is 6.07. The second-order valence-electron chi connectivity index (χ2n) is 4.41. The molecular formula is C15H11Br2NO3. The number of rotatable bonds is 2. The quantitative estimate of drug-likeness (QED) is 0.742. The van der Waals surface area contributed by atoms with Crippen molar-refractivity contribution >= 4 is 43.8 Å². The molecule has 0 aromatic heterocycles. The summed E-state index contributed by atoms with van der Waals surface area (Å²) in [4.78, 5) is 4.40. The van der Waals surface area contributed by atoms with Crippen molar-refractivity contribution < 1.29 is 14.6 Å². The molecule has 1 heterocycles. The first-order valence-corrected chi connectivity index (χ1v) is 7.84. The highest BCUT2D eigenvalue weighted by Crippen LogP contribution is 2.39. The maximum atomic E-state index is 9.81. The fourth-order valence-electron chi connectivity index (χ4n) is 1.92. The highest BCUT2D eigenvalue weighted by Gasteiger charge is 2.14. The molecule has 0 fully saturated rings. The molecule has 0 saturated carbocycles. The molecule has 1 aliphatic rings. The number of ether oxygens (including phenoxy) is 2. The highest BCUT2D eigenvalue weighted by molar-refractivity contribution is 9.10. The van der Waals surface area contributed by atoms with Gasteiger partial charge >= 0.3 is 0 Å². The maximum Gasteiger partial charge on any atom is 0.163 e. The van der Waals surface area contributed by atoms with Gasteiger partial charge in [-0.05, 0) is 34.1 Å². The summed E-state index contributed by atoms with van der Waals surface area (Å²) in [5.74, 6) is 1.56. The molecule has 2 aromatic carbocycles. The average Bonchev–Trinajstić information content (AvgIpc) is 2.48. The van der Waals surface area contributed by atoms with Crippen molar-refractivity contribution in [2.24, 2.45) is 4.99 Å². The van der Waals surface area contributed by atoms with Crippen molar-refractivity contribution in [1.82, 2.24) is 0 Å². The summed E-state index contributed by atoms with van der Waals surface area (Å²) in [5.41, 5.74) is 1.34. The van der Waals surface area contributed by atoms with Crippen LogP contribution in [-0.2, 0) is 0 Å². The molecule has 0 radical (unpaired) electrons. The predicted octanol–water partition coefficient (Wildman–Crippen LogP) is 4.44. The first-order chi connectivity index (χ1) is 10.1. The Morgan fingerprint density at radius 3 is 2.52 bits per heavy atom. The van der Waals surface area contributed by atoms with E-state index < -0.39 is 0 Å². The first kappa shape index (κ1) is 14.4. The van der Waals surface area contributed by atoms with Gasteiger partial charge < -0.3 is 14.6 Å². The number of aromatic hydroxyl groups is 1. The van der Waals surface area contributed by atoms with Gasteiger partial charge in [0, 0.05) is 32.9 Å². The minimum atomic E-state index is 0.176. The van der Waals surface area contributed by atoms with E-state index in [1.54, 1.807) is 24.4 Å². The molecule has 0 spiro atoms. The molecule has 4 nitrogen and oxygen atoms in total. The van der Waals surface area contributed by atoms with E-state index in [4.69, 9.17) is 9.47 Å². The number of hydrogen-bond donors (Lipinski definition) is 1. The van der Waals surface area contributed by atoms with Crippen LogP contribution in [0.5, 0.6) is 17.2 Å². The molecule has 0 aliphatic carbocycles. The Balaban J connectivity index is 1.94. The van der Waals surface area contributed by atoms with Crippen LogP contribution in [0.25, 0.3) is 0 Å². The summed E-state index contributed by atoms with van der Waals surface area (Å²) in [7, 11) is 0. The van der Waals surface area contributed by atoms with Crippen LogP contribution < -0.4 is 9.47 Å². The van der Waals surface area contributed by atoms with Gasteiger partial charge in [0.2, 0.25) is 0 Å². The molecule has 0 amide bonds. The summed E-state index contributed by atoms with van der Waals surface area (Å²) in [6.07, 6.45) is 1.61. The molecular weight excluding hydrogens is 402 g/mol. The van der Waals surface area contributed by atoms with Crippen LogP contribution in [0.1, 0.15) is 5.56 Å². The average molecular weight is 413 g/mol. The first-order valence-electron chi connectivity index (χ1n) is 6.25. The SMILES string of the molecule is Oc1ccc(Br)cc1C=Nc1cc2c(cc1Br)OCCO2. The van der Waals surface area contributed by atoms with Crippen LogP contribution in [0.3, 0.4) is 0 Å². The standard InChI is InChI=1S/C15H11Br2NO3/c16-10-1-2-13(19)9(5-10)8-18-12-7-15-14(6-11(12)17)20-3-4-21-15/h1-2,5-8,19H,3-4H2. The normalized spacial score (nSPS) is 13.6. The zero-order chi connectivity index (χ0) is 14.8. The number of phenolic OH excluding ortho intramolecular Hbond substituents is 1. The van der Waals surface area contributed by atoms with E-state index in [1.165, 1.54) is 0 Å². The molecule has 108 valence electrons. The van der Waals surface area contributed by atoms with E-state index in [1.807, 2.05) is 12.1 Å². The molecule has 6 heteroatoms. The largest absolute Gasteiger partial charge is 0.507 e. The molecule has 0 unspecified atom stereocenters. The smallest absolute Gasteiger partial charge is 0.163 e. The summed E-state index contributed by atoms with van der Waals surface area (Å²) >= 11 is 6.83. The van der Waals surface area contributed by atoms with Crippen molar-refractivity contribution in [1.29, 1.82) is 0 Å². The van der Waals surface area contributed by atoms with E-state index in [-0.39, 0.29) is 5.75 Å². The lowest BCUT2D eigenvalue weighted by molar-refractivity contribution is 0.171. The Kier molecular flexibility index (Phi) is 4.17. The summed E-state index contributed by atoms with van der Waals surface area (Å²) in [5, 5.41) is 9.81. The number of benzene rings is 2. The molecule has 1 N–H and O–H groups in total. The number of fused-ring (bicyclic) bond motifs is 1. The summed E-state index contributed by atoms with van der Waals surface area (Å²) < 4.78 is 12.7. The zero-order valence-corrected chi connectivity index (χ0v) is 14.0. The lowest BCUT2D eigenvalue weighted by atomic mass is 10.2. The Labute approximate surface area is 138 Å². The number of aliphatic imine (C=N–C) groups is 1. The second-order valence-corrected chi connectivity index (χ2v) is 6.18. The van der Waals surface area contributed by atoms with E-state index in [0.29, 0.717) is 36.0 Å². The van der Waals surface area contributed by atoms with Crippen LogP contribution in [0.2, 0.25) is 0 Å². The molecule has 1 aliphatic heterocycles. The monoisotopic (exact) mass is 411 g/mol. The van der Waals surface area contributed by atoms with Gasteiger partial charge in [-0.3, -0.25) is 4.99 Å². The fraction of sp³-hybridized carbons (Fsp3) is 0.133. The zero-order valence-electron chi connectivity index (χ0n) is 10.8. The minimum absolute atomic E-state index is 0.176. The lowest BCUT2D eigenvalue weighted by Crippen LogP contribution is -2.15. The Hall–Kier alpha value is -1.53. The van der Waals surface area contributed by atoms with Gasteiger partial charge in [0.15, 0.2) is 11.5 Å². The van der Waals surface area contributed by atoms with Gasteiger partial charge in [-0.1, -0.05) is 15.9 Å². The fourth-order valence-corrected chi connectivity index (χ4v) is 2.72. The highest BCUT2D eigenvalue weighted by atomic mass is 79.9. The topological polar surface area (TPSA) is 51.1 Å². The number of nitrogens with zero attached hydrogens (tertiary/aromatic N) is 1. The van der Waals surface area contributed by atoms with Gasteiger partial charge in [0.1, 0.15) is 19.0 Å². The lowest BCUT2D eigenvalue weighted by Gasteiger charge is -2.19. The Morgan fingerprint density at radius 1 is 1.05 bits per heavy atom. The van der Waals surface area contributed by atoms with Gasteiger partial charge in [-0.15, -0.1) is 0 Å². The van der Waals surface area contributed by atoms with Gasteiger partial charge in [-0.25, -0.2) is 0 Å². The summed E-state index contributed by atoms with van der Waals surface area (Å²) in [6, 6.07) is 8.83. The Morgan fingerprint density at radius 2 is 1.76 bits per heavy atom. The van der Waals surface area contributed by atoms with Crippen molar-refractivity contribution in [3.05, 3.63) is 44.8 Å². The van der Waals surface area contributed by atoms with Crippen molar-refractivity contribution in [2.45, 2.75) is 0 Å². The van der Waals surface area contributed by atoms with Crippen LogP contribution >= 0.6 is 31.9 Å². The van der Waals surface area contributed by atoms with E-state index in [9.17, 15) is 5.11 Å². The molecule has 2 aromatic rings. The number of hydrogen-bond acceptors (Lipinski definition) is 4. The van der Waals surface area contributed by atoms with Gasteiger partial charge in [-0.2, -0.15) is 0 Å².